The van der Waals surface area contributed by atoms with E-state index in [-0.39, 0.29) is 12.3 Å². The average Bonchev–Trinajstić information content (AvgIpc) is 2.26. The molecule has 0 saturated carbocycles. The van der Waals surface area contributed by atoms with Crippen LogP contribution in [-0.2, 0) is 15.8 Å². The van der Waals surface area contributed by atoms with Gasteiger partial charge in [0.05, 0.1) is 22.9 Å². The Bertz CT molecular complexity index is 571. The van der Waals surface area contributed by atoms with Crippen LogP contribution in [0.4, 0.5) is 18.9 Å². The number of aliphatic carboxylic acids is 1. The van der Waals surface area contributed by atoms with Crippen LogP contribution in [0.25, 0.3) is 0 Å². The Balaban J connectivity index is 3.11. The number of ether oxygens (including phenoxy) is 1. The molecule has 0 saturated heterocycles. The van der Waals surface area contributed by atoms with Gasteiger partial charge in [0.15, 0.2) is 0 Å². The van der Waals surface area contributed by atoms with E-state index in [0.29, 0.717) is 0 Å². The highest BCUT2D eigenvalue weighted by atomic mass is 19.4. The van der Waals surface area contributed by atoms with E-state index in [4.69, 9.17) is 0 Å². The normalized spacial score (nSPS) is 10.9. The maximum absolute atomic E-state index is 12.3. The number of hydrogen-bond donors (Lipinski definition) is 0. The lowest BCUT2D eigenvalue weighted by Crippen LogP contribution is -2.27. The summed E-state index contributed by atoms with van der Waals surface area (Å²) in [5.74, 6) is -4.31. The highest BCUT2D eigenvalue weighted by Gasteiger charge is 2.34. The summed E-state index contributed by atoms with van der Waals surface area (Å²) in [4.78, 5) is 33.4. The van der Waals surface area contributed by atoms with Crippen LogP contribution in [0.5, 0.6) is 5.88 Å². The summed E-state index contributed by atoms with van der Waals surface area (Å²) in [6.45, 7) is 0. The summed E-state index contributed by atoms with van der Waals surface area (Å²) >= 11 is 0. The number of aromatic nitrogens is 1. The van der Waals surface area contributed by atoms with Gasteiger partial charge in [0.25, 0.3) is 0 Å². The quantitative estimate of drug-likeness (QED) is 0.332. The number of nitrogens with zero attached hydrogens (tertiary/aromatic N) is 2. The minimum absolute atomic E-state index is 0.120. The summed E-state index contributed by atoms with van der Waals surface area (Å²) in [6.07, 6.45) is -5.88. The Morgan fingerprint density at radius 1 is 1.40 bits per heavy atom. The van der Waals surface area contributed by atoms with Gasteiger partial charge in [0, 0.05) is 12.3 Å². The molecule has 0 bridgehead atoms. The Morgan fingerprint density at radius 2 is 2.00 bits per heavy atom. The lowest BCUT2D eigenvalue weighted by Gasteiger charge is -2.08. The number of esters is 1. The molecule has 0 fully saturated rings. The minimum Gasteiger partial charge on any atom is -0.550 e. The largest absolute Gasteiger partial charge is 0.550 e. The van der Waals surface area contributed by atoms with E-state index >= 15 is 0 Å². The van der Waals surface area contributed by atoms with Crippen molar-refractivity contribution in [3.05, 3.63) is 27.9 Å². The Kier molecular flexibility index (Phi) is 4.22. The van der Waals surface area contributed by atoms with Crippen molar-refractivity contribution in [1.82, 2.24) is 4.98 Å². The Labute approximate surface area is 107 Å². The Hall–Kier alpha value is -2.72. The fraction of sp³-hybridized carbons (Fsp3) is 0.222. The molecule has 0 N–H and O–H groups in total. The number of carboxylic acid groups (broad SMARTS) is 1. The average molecular weight is 293 g/mol. The van der Waals surface area contributed by atoms with Gasteiger partial charge in [-0.25, -0.2) is 4.98 Å². The van der Waals surface area contributed by atoms with Crippen LogP contribution in [0.2, 0.25) is 0 Å². The molecule has 1 aromatic rings. The van der Waals surface area contributed by atoms with Crippen LogP contribution in [0.15, 0.2) is 12.3 Å². The molecule has 20 heavy (non-hydrogen) atoms. The number of carbonyl (C=O) groups excluding carboxylic acids is 2. The molecule has 0 spiro atoms. The molecule has 1 rings (SSSR count). The molecule has 1 heterocycles. The number of pyridine rings is 1. The highest BCUT2D eigenvalue weighted by Crippen LogP contribution is 2.34. The third-order valence-corrected chi connectivity index (χ3v) is 1.86. The zero-order chi connectivity index (χ0) is 15.5. The van der Waals surface area contributed by atoms with Gasteiger partial charge in [-0.15, -0.1) is 0 Å². The van der Waals surface area contributed by atoms with Crippen molar-refractivity contribution in [2.45, 2.75) is 12.6 Å². The van der Waals surface area contributed by atoms with Crippen LogP contribution < -0.4 is 9.84 Å². The van der Waals surface area contributed by atoms with Crippen LogP contribution in [0, 0.1) is 10.1 Å². The van der Waals surface area contributed by atoms with Crippen molar-refractivity contribution in [1.29, 1.82) is 0 Å². The number of alkyl halides is 3. The predicted molar refractivity (Wildman–Crippen MR) is 51.2 cm³/mol. The van der Waals surface area contributed by atoms with Gasteiger partial charge in [-0.05, 0) is 0 Å². The first kappa shape index (κ1) is 15.3. The number of carboxylic acids is 1. The number of nitro groups is 1. The van der Waals surface area contributed by atoms with Crippen molar-refractivity contribution >= 4 is 17.6 Å². The molecule has 0 aliphatic carbocycles. The fourth-order valence-corrected chi connectivity index (χ4v) is 1.07. The third-order valence-electron chi connectivity index (χ3n) is 1.86. The molecule has 0 atom stereocenters. The zero-order valence-corrected chi connectivity index (χ0v) is 9.34. The molecule has 108 valence electrons. The maximum atomic E-state index is 12.3. The minimum atomic E-state index is -4.87. The van der Waals surface area contributed by atoms with Gasteiger partial charge in [-0.1, -0.05) is 0 Å². The second kappa shape index (κ2) is 5.50. The number of halogens is 3. The van der Waals surface area contributed by atoms with Gasteiger partial charge in [0.1, 0.15) is 0 Å². The van der Waals surface area contributed by atoms with E-state index in [1.54, 1.807) is 0 Å². The SMILES string of the molecule is O=C([O-])CC(=O)Oc1ncc(C(F)(F)F)cc1[N+](=O)[O-]. The monoisotopic (exact) mass is 293 g/mol. The van der Waals surface area contributed by atoms with Crippen LogP contribution in [0.1, 0.15) is 12.0 Å². The van der Waals surface area contributed by atoms with Crippen LogP contribution in [0.3, 0.4) is 0 Å². The molecule has 8 nitrogen and oxygen atoms in total. The van der Waals surface area contributed by atoms with E-state index in [2.05, 4.69) is 9.72 Å². The van der Waals surface area contributed by atoms with Crippen molar-refractivity contribution in [2.24, 2.45) is 0 Å². The van der Waals surface area contributed by atoms with Gasteiger partial charge in [0.2, 0.25) is 0 Å². The first-order valence-electron chi connectivity index (χ1n) is 4.73. The summed E-state index contributed by atoms with van der Waals surface area (Å²) in [5, 5.41) is 20.7. The molecule has 0 aliphatic rings. The van der Waals surface area contributed by atoms with E-state index in [1.807, 2.05) is 0 Å². The molecular weight excluding hydrogens is 289 g/mol. The van der Waals surface area contributed by atoms with Crippen molar-refractivity contribution < 1.29 is 37.5 Å². The standard InChI is InChI=1S/C9H5F3N2O6/c10-9(11,12)4-1-5(14(18)19)8(13-3-4)20-7(17)2-6(15)16/h1,3H,2H2,(H,15,16)/p-1. The molecular formula is C9H4F3N2O6-. The molecule has 0 aromatic carbocycles. The highest BCUT2D eigenvalue weighted by molar-refractivity contribution is 5.90. The van der Waals surface area contributed by atoms with Crippen LogP contribution >= 0.6 is 0 Å². The van der Waals surface area contributed by atoms with Gasteiger partial charge >= 0.3 is 23.7 Å². The lowest BCUT2D eigenvalue weighted by molar-refractivity contribution is -0.386. The smallest absolute Gasteiger partial charge is 0.418 e. The van der Waals surface area contributed by atoms with Gasteiger partial charge in [-0.3, -0.25) is 14.9 Å². The van der Waals surface area contributed by atoms with E-state index < -0.39 is 46.6 Å². The van der Waals surface area contributed by atoms with Crippen molar-refractivity contribution in [3.63, 3.8) is 0 Å². The predicted octanol–water partition coefficient (Wildman–Crippen LogP) is 0.0540. The van der Waals surface area contributed by atoms with Crippen LogP contribution in [-0.4, -0.2) is 21.8 Å². The molecule has 0 unspecified atom stereocenters. The van der Waals surface area contributed by atoms with Crippen molar-refractivity contribution in [3.8, 4) is 5.88 Å². The summed E-state index contributed by atoms with van der Waals surface area (Å²) in [6, 6.07) is 0.120. The molecule has 0 aliphatic heterocycles. The number of rotatable bonds is 4. The first-order valence-corrected chi connectivity index (χ1v) is 4.73. The summed E-state index contributed by atoms with van der Waals surface area (Å²) in [7, 11) is 0. The van der Waals surface area contributed by atoms with Crippen molar-refractivity contribution in [2.75, 3.05) is 0 Å². The summed E-state index contributed by atoms with van der Waals surface area (Å²) in [5.41, 5.74) is -2.63. The van der Waals surface area contributed by atoms with E-state index in [9.17, 15) is 38.0 Å². The topological polar surface area (TPSA) is 122 Å². The maximum Gasteiger partial charge on any atom is 0.418 e. The van der Waals surface area contributed by atoms with Gasteiger partial charge < -0.3 is 14.6 Å². The number of carbonyl (C=O) groups is 2. The molecule has 11 heteroatoms. The third kappa shape index (κ3) is 3.90. The molecule has 0 amide bonds. The van der Waals surface area contributed by atoms with Gasteiger partial charge in [-0.2, -0.15) is 13.2 Å². The molecule has 0 radical (unpaired) electrons. The summed E-state index contributed by atoms with van der Waals surface area (Å²) < 4.78 is 41.2. The van der Waals surface area contributed by atoms with E-state index in [0.717, 1.165) is 0 Å². The second-order valence-corrected chi connectivity index (χ2v) is 3.33. The first-order chi connectivity index (χ1) is 9.11. The number of hydrogen-bond acceptors (Lipinski definition) is 7. The van der Waals surface area contributed by atoms with E-state index in [1.165, 1.54) is 0 Å². The molecule has 1 aromatic heterocycles. The second-order valence-electron chi connectivity index (χ2n) is 3.33. The fourth-order valence-electron chi connectivity index (χ4n) is 1.07. The lowest BCUT2D eigenvalue weighted by atomic mass is 10.2. The Morgan fingerprint density at radius 3 is 2.45 bits per heavy atom. The zero-order valence-electron chi connectivity index (χ0n) is 9.34.